The number of benzene rings is 1. The maximum atomic E-state index is 12.0. The van der Waals surface area contributed by atoms with Gasteiger partial charge in [0, 0.05) is 6.54 Å². The number of rotatable bonds is 10. The number of nitrogens with one attached hydrogen (secondary N) is 1. The number of hydrogen-bond acceptors (Lipinski definition) is 7. The Kier molecular flexibility index (Phi) is 8.25. The van der Waals surface area contributed by atoms with E-state index in [9.17, 15) is 9.59 Å². The molecule has 0 saturated heterocycles. The van der Waals surface area contributed by atoms with Gasteiger partial charge in [0.25, 0.3) is 5.91 Å². The summed E-state index contributed by atoms with van der Waals surface area (Å²) >= 11 is 1.26. The van der Waals surface area contributed by atoms with Crippen molar-refractivity contribution in [2.45, 2.75) is 34.1 Å². The van der Waals surface area contributed by atoms with E-state index >= 15 is 0 Å². The van der Waals surface area contributed by atoms with Gasteiger partial charge in [-0.15, -0.1) is 11.3 Å². The van der Waals surface area contributed by atoms with E-state index in [1.807, 2.05) is 39.0 Å². The van der Waals surface area contributed by atoms with Crippen LogP contribution in [-0.2, 0) is 16.0 Å². The molecule has 2 aromatic rings. The Morgan fingerprint density at radius 3 is 2.46 bits per heavy atom. The minimum absolute atomic E-state index is 0.317. The van der Waals surface area contributed by atoms with Crippen molar-refractivity contribution < 1.29 is 23.8 Å². The average molecular weight is 407 g/mol. The molecule has 0 fully saturated rings. The molecule has 8 heteroatoms. The molecule has 1 amide bonds. The van der Waals surface area contributed by atoms with Crippen molar-refractivity contribution in [3.8, 4) is 11.5 Å². The summed E-state index contributed by atoms with van der Waals surface area (Å²) in [6.07, 6.45) is 0.624. The van der Waals surface area contributed by atoms with E-state index in [2.05, 4.69) is 10.3 Å². The van der Waals surface area contributed by atoms with Gasteiger partial charge >= 0.3 is 5.97 Å². The highest BCUT2D eigenvalue weighted by atomic mass is 32.1. The van der Waals surface area contributed by atoms with Crippen LogP contribution in [0.15, 0.2) is 18.2 Å². The number of carbonyl (C=O) groups excluding carboxylic acids is 2. The summed E-state index contributed by atoms with van der Waals surface area (Å²) in [5, 5.41) is 3.54. The molecule has 7 nitrogen and oxygen atoms in total. The molecular formula is C20H26N2O5S. The summed E-state index contributed by atoms with van der Waals surface area (Å²) in [6.45, 7) is 8.62. The van der Waals surface area contributed by atoms with Gasteiger partial charge in [0.1, 0.15) is 4.88 Å². The van der Waals surface area contributed by atoms with Crippen LogP contribution < -0.4 is 14.8 Å². The lowest BCUT2D eigenvalue weighted by Gasteiger charge is -2.12. The quantitative estimate of drug-likeness (QED) is 0.610. The average Bonchev–Trinajstić information content (AvgIpc) is 3.00. The lowest BCUT2D eigenvalue weighted by molar-refractivity contribution is -0.124. The molecule has 0 radical (unpaired) electrons. The third kappa shape index (κ3) is 6.23. The number of thiazole rings is 1. The fourth-order valence-electron chi connectivity index (χ4n) is 2.57. The van der Waals surface area contributed by atoms with Crippen LogP contribution in [0.4, 0.5) is 0 Å². The number of ether oxygens (including phenoxy) is 3. The molecule has 0 aliphatic rings. The van der Waals surface area contributed by atoms with Crippen molar-refractivity contribution in [2.24, 2.45) is 0 Å². The van der Waals surface area contributed by atoms with Crippen LogP contribution in [0.2, 0.25) is 0 Å². The molecule has 1 N–H and O–H groups in total. The number of nitrogens with zero attached hydrogens (tertiary/aromatic N) is 1. The summed E-state index contributed by atoms with van der Waals surface area (Å²) in [6, 6.07) is 5.72. The Hall–Kier alpha value is -2.61. The number of esters is 1. The second-order valence-electron chi connectivity index (χ2n) is 5.97. The predicted molar refractivity (Wildman–Crippen MR) is 107 cm³/mol. The lowest BCUT2D eigenvalue weighted by Crippen LogP contribution is -2.30. The van der Waals surface area contributed by atoms with Crippen LogP contribution in [0.3, 0.4) is 0 Å². The molecule has 1 heterocycles. The minimum Gasteiger partial charge on any atom is -0.490 e. The van der Waals surface area contributed by atoms with Crippen LogP contribution >= 0.6 is 11.3 Å². The zero-order valence-electron chi connectivity index (χ0n) is 16.7. The molecule has 1 aromatic carbocycles. The maximum Gasteiger partial charge on any atom is 0.350 e. The molecule has 0 spiro atoms. The smallest absolute Gasteiger partial charge is 0.350 e. The molecule has 0 atom stereocenters. The highest BCUT2D eigenvalue weighted by Gasteiger charge is 2.16. The van der Waals surface area contributed by atoms with E-state index in [0.717, 1.165) is 10.6 Å². The summed E-state index contributed by atoms with van der Waals surface area (Å²) < 4.78 is 16.2. The van der Waals surface area contributed by atoms with Gasteiger partial charge in [-0.25, -0.2) is 9.78 Å². The van der Waals surface area contributed by atoms with Crippen molar-refractivity contribution in [3.05, 3.63) is 39.3 Å². The zero-order valence-corrected chi connectivity index (χ0v) is 17.5. The number of carbonyl (C=O) groups is 2. The normalized spacial score (nSPS) is 10.4. The van der Waals surface area contributed by atoms with Gasteiger partial charge in [0.05, 0.1) is 23.9 Å². The topological polar surface area (TPSA) is 86.8 Å². The van der Waals surface area contributed by atoms with Crippen LogP contribution in [0.1, 0.15) is 39.8 Å². The molecule has 0 aliphatic carbocycles. The van der Waals surface area contributed by atoms with Gasteiger partial charge in [0.15, 0.2) is 18.1 Å². The van der Waals surface area contributed by atoms with Crippen LogP contribution in [0.25, 0.3) is 0 Å². The summed E-state index contributed by atoms with van der Waals surface area (Å²) in [4.78, 5) is 28.5. The first-order valence-corrected chi connectivity index (χ1v) is 10.0. The Bertz CT molecular complexity index is 819. The molecule has 0 unspecified atom stereocenters. The first-order valence-electron chi connectivity index (χ1n) is 9.21. The van der Waals surface area contributed by atoms with E-state index in [-0.39, 0.29) is 12.5 Å². The second kappa shape index (κ2) is 10.7. The Morgan fingerprint density at radius 2 is 1.82 bits per heavy atom. The van der Waals surface area contributed by atoms with Crippen LogP contribution in [0, 0.1) is 13.8 Å². The number of aryl methyl sites for hydroxylation is 2. The van der Waals surface area contributed by atoms with Gasteiger partial charge in [-0.1, -0.05) is 6.07 Å². The molecule has 0 saturated carbocycles. The highest BCUT2D eigenvalue weighted by Crippen LogP contribution is 2.28. The molecule has 0 aliphatic heterocycles. The van der Waals surface area contributed by atoms with Gasteiger partial charge in [-0.3, -0.25) is 4.79 Å². The highest BCUT2D eigenvalue weighted by molar-refractivity contribution is 7.13. The van der Waals surface area contributed by atoms with Gasteiger partial charge < -0.3 is 19.5 Å². The van der Waals surface area contributed by atoms with Crippen LogP contribution in [-0.4, -0.2) is 43.2 Å². The van der Waals surface area contributed by atoms with Crippen molar-refractivity contribution in [1.29, 1.82) is 0 Å². The third-order valence-electron chi connectivity index (χ3n) is 3.77. The van der Waals surface area contributed by atoms with E-state index < -0.39 is 5.97 Å². The number of aromatic nitrogens is 1. The fraction of sp³-hybridized carbons (Fsp3) is 0.450. The monoisotopic (exact) mass is 406 g/mol. The van der Waals surface area contributed by atoms with E-state index in [1.54, 1.807) is 6.92 Å². The first-order chi connectivity index (χ1) is 13.4. The lowest BCUT2D eigenvalue weighted by atomic mass is 10.1. The molecule has 152 valence electrons. The summed E-state index contributed by atoms with van der Waals surface area (Å²) in [5.41, 5.74) is 1.63. The standard InChI is InChI=1S/C20H26N2O5S/c1-5-25-16-8-7-15(11-17(16)26-6-2)9-10-21-18(23)12-27-20(24)19-13(3)22-14(4)28-19/h7-8,11H,5-6,9-10,12H2,1-4H3,(H,21,23). The summed E-state index contributed by atoms with van der Waals surface area (Å²) in [5.74, 6) is 0.532. The van der Waals surface area contributed by atoms with E-state index in [4.69, 9.17) is 14.2 Å². The SMILES string of the molecule is CCOc1ccc(CCNC(=O)COC(=O)c2sc(C)nc2C)cc1OCC. The Labute approximate surface area is 169 Å². The fourth-order valence-corrected chi connectivity index (χ4v) is 3.38. The minimum atomic E-state index is -0.522. The van der Waals surface area contributed by atoms with Crippen molar-refractivity contribution in [3.63, 3.8) is 0 Å². The number of amides is 1. The second-order valence-corrected chi connectivity index (χ2v) is 7.17. The predicted octanol–water partition coefficient (Wildman–Crippen LogP) is 3.07. The number of hydrogen-bond donors (Lipinski definition) is 1. The van der Waals surface area contributed by atoms with Gasteiger partial charge in [-0.2, -0.15) is 0 Å². The zero-order chi connectivity index (χ0) is 20.5. The Balaban J connectivity index is 1.79. The van der Waals surface area contributed by atoms with Gasteiger partial charge in [-0.05, 0) is 51.8 Å². The van der Waals surface area contributed by atoms with Crippen molar-refractivity contribution in [2.75, 3.05) is 26.4 Å². The molecule has 28 heavy (non-hydrogen) atoms. The molecular weight excluding hydrogens is 380 g/mol. The first kappa shape index (κ1) is 21.7. The molecule has 2 rings (SSSR count). The van der Waals surface area contributed by atoms with E-state index in [1.165, 1.54) is 11.3 Å². The Morgan fingerprint density at radius 1 is 1.11 bits per heavy atom. The van der Waals surface area contributed by atoms with Crippen LogP contribution in [0.5, 0.6) is 11.5 Å². The summed E-state index contributed by atoms with van der Waals surface area (Å²) in [7, 11) is 0. The molecule has 0 bridgehead atoms. The maximum absolute atomic E-state index is 12.0. The largest absolute Gasteiger partial charge is 0.490 e. The third-order valence-corrected chi connectivity index (χ3v) is 4.82. The van der Waals surface area contributed by atoms with Gasteiger partial charge in [0.2, 0.25) is 0 Å². The van der Waals surface area contributed by atoms with E-state index in [0.29, 0.717) is 48.2 Å². The van der Waals surface area contributed by atoms with Crippen molar-refractivity contribution >= 4 is 23.2 Å². The molecule has 1 aromatic heterocycles. The van der Waals surface area contributed by atoms with Crippen molar-refractivity contribution in [1.82, 2.24) is 10.3 Å².